The van der Waals surface area contributed by atoms with Crippen LogP contribution >= 0.6 is 0 Å². The van der Waals surface area contributed by atoms with E-state index in [0.29, 0.717) is 6.61 Å². The molecule has 0 heterocycles. The summed E-state index contributed by atoms with van der Waals surface area (Å²) in [5, 5.41) is 3.32. The van der Waals surface area contributed by atoms with Crippen LogP contribution < -0.4 is 5.32 Å². The molecule has 0 amide bonds. The van der Waals surface area contributed by atoms with E-state index in [9.17, 15) is 4.79 Å². The summed E-state index contributed by atoms with van der Waals surface area (Å²) < 4.78 is 4.78. The predicted molar refractivity (Wildman–Crippen MR) is 65.1 cm³/mol. The largest absolute Gasteiger partial charge is 0.463 e. The second-order valence-corrected chi connectivity index (χ2v) is 3.96. The normalized spacial score (nSPS) is 20.2. The number of allylic oxidation sites excluding steroid dienone is 2. The Kier molecular flexibility index (Phi) is 6.58. The third-order valence-electron chi connectivity index (χ3n) is 2.61. The van der Waals surface area contributed by atoms with Crippen LogP contribution in [0.1, 0.15) is 26.2 Å². The SMILES string of the molecule is CCOC(=O)/C=C/CNCC1CC=CCC1. The highest BCUT2D eigenvalue weighted by molar-refractivity contribution is 5.81. The minimum atomic E-state index is -0.259. The van der Waals surface area contributed by atoms with Crippen molar-refractivity contribution < 1.29 is 9.53 Å². The Morgan fingerprint density at radius 2 is 2.44 bits per heavy atom. The average Bonchev–Trinajstić information content (AvgIpc) is 2.30. The van der Waals surface area contributed by atoms with Gasteiger partial charge >= 0.3 is 5.97 Å². The molecule has 0 saturated heterocycles. The van der Waals surface area contributed by atoms with Gasteiger partial charge in [-0.2, -0.15) is 0 Å². The van der Waals surface area contributed by atoms with Gasteiger partial charge in [0.15, 0.2) is 0 Å². The molecule has 90 valence electrons. The van der Waals surface area contributed by atoms with Gasteiger partial charge < -0.3 is 10.1 Å². The number of carbonyl (C=O) groups is 1. The minimum Gasteiger partial charge on any atom is -0.463 e. The van der Waals surface area contributed by atoms with Crippen LogP contribution in [0, 0.1) is 5.92 Å². The van der Waals surface area contributed by atoms with Gasteiger partial charge in [0, 0.05) is 12.6 Å². The first-order valence-corrected chi connectivity index (χ1v) is 6.02. The highest BCUT2D eigenvalue weighted by atomic mass is 16.5. The van der Waals surface area contributed by atoms with Crippen LogP contribution in [-0.4, -0.2) is 25.7 Å². The van der Waals surface area contributed by atoms with E-state index in [2.05, 4.69) is 17.5 Å². The molecule has 1 rings (SSSR count). The van der Waals surface area contributed by atoms with Crippen molar-refractivity contribution in [3.05, 3.63) is 24.3 Å². The van der Waals surface area contributed by atoms with Crippen molar-refractivity contribution in [2.45, 2.75) is 26.2 Å². The first-order valence-electron chi connectivity index (χ1n) is 6.02. The lowest BCUT2D eigenvalue weighted by molar-refractivity contribution is -0.137. The average molecular weight is 223 g/mol. The second-order valence-electron chi connectivity index (χ2n) is 3.96. The van der Waals surface area contributed by atoms with E-state index in [4.69, 9.17) is 4.74 Å². The molecular weight excluding hydrogens is 202 g/mol. The molecule has 1 N–H and O–H groups in total. The second kappa shape index (κ2) is 8.11. The van der Waals surface area contributed by atoms with Crippen molar-refractivity contribution in [1.82, 2.24) is 5.32 Å². The predicted octanol–water partition coefficient (Wildman–Crippen LogP) is 2.05. The monoisotopic (exact) mass is 223 g/mol. The molecule has 0 aliphatic heterocycles. The lowest BCUT2D eigenvalue weighted by Gasteiger charge is -2.17. The summed E-state index contributed by atoms with van der Waals surface area (Å²) in [4.78, 5) is 11.0. The number of ether oxygens (including phenoxy) is 1. The van der Waals surface area contributed by atoms with Gasteiger partial charge in [0.1, 0.15) is 0 Å². The highest BCUT2D eigenvalue weighted by Gasteiger charge is 2.07. The van der Waals surface area contributed by atoms with Crippen LogP contribution in [0.15, 0.2) is 24.3 Å². The Bertz CT molecular complexity index is 259. The maximum absolute atomic E-state index is 11.0. The topological polar surface area (TPSA) is 38.3 Å². The molecule has 3 heteroatoms. The molecule has 16 heavy (non-hydrogen) atoms. The lowest BCUT2D eigenvalue weighted by atomic mass is 9.94. The lowest BCUT2D eigenvalue weighted by Crippen LogP contribution is -2.23. The maximum atomic E-state index is 11.0. The van der Waals surface area contributed by atoms with Gasteiger partial charge in [0.25, 0.3) is 0 Å². The zero-order valence-electron chi connectivity index (χ0n) is 9.95. The van der Waals surface area contributed by atoms with Gasteiger partial charge in [-0.3, -0.25) is 0 Å². The smallest absolute Gasteiger partial charge is 0.330 e. The molecule has 1 unspecified atom stereocenters. The number of hydrogen-bond acceptors (Lipinski definition) is 3. The highest BCUT2D eigenvalue weighted by Crippen LogP contribution is 2.16. The van der Waals surface area contributed by atoms with Crippen molar-refractivity contribution in [3.8, 4) is 0 Å². The standard InChI is InChI=1S/C13H21NO2/c1-2-16-13(15)9-6-10-14-11-12-7-4-3-5-8-12/h3-4,6,9,12,14H,2,5,7-8,10-11H2,1H3/b9-6+. The van der Waals surface area contributed by atoms with E-state index in [0.717, 1.165) is 19.0 Å². The first-order chi connectivity index (χ1) is 7.83. The molecule has 1 aliphatic rings. The van der Waals surface area contributed by atoms with E-state index in [-0.39, 0.29) is 5.97 Å². The molecule has 1 atom stereocenters. The molecule has 0 fully saturated rings. The molecule has 0 aromatic heterocycles. The van der Waals surface area contributed by atoms with Crippen molar-refractivity contribution in [2.24, 2.45) is 5.92 Å². The Labute approximate surface area is 97.6 Å². The zero-order valence-corrected chi connectivity index (χ0v) is 9.95. The molecular formula is C13H21NO2. The molecule has 3 nitrogen and oxygen atoms in total. The van der Waals surface area contributed by atoms with Crippen molar-refractivity contribution in [2.75, 3.05) is 19.7 Å². The summed E-state index contributed by atoms with van der Waals surface area (Å²) in [6, 6.07) is 0. The summed E-state index contributed by atoms with van der Waals surface area (Å²) in [5.74, 6) is 0.492. The molecule has 0 radical (unpaired) electrons. The van der Waals surface area contributed by atoms with Crippen LogP contribution in [-0.2, 0) is 9.53 Å². The van der Waals surface area contributed by atoms with E-state index >= 15 is 0 Å². The number of esters is 1. The number of hydrogen-bond donors (Lipinski definition) is 1. The van der Waals surface area contributed by atoms with Gasteiger partial charge in [-0.25, -0.2) is 4.79 Å². The van der Waals surface area contributed by atoms with Gasteiger partial charge in [-0.15, -0.1) is 0 Å². The Balaban J connectivity index is 2.02. The molecule has 0 spiro atoms. The van der Waals surface area contributed by atoms with E-state index in [1.807, 2.05) is 6.08 Å². The van der Waals surface area contributed by atoms with E-state index < -0.39 is 0 Å². The molecule has 1 aliphatic carbocycles. The summed E-state index contributed by atoms with van der Waals surface area (Å²) in [5.41, 5.74) is 0. The number of rotatable bonds is 6. The van der Waals surface area contributed by atoms with Crippen LogP contribution in [0.5, 0.6) is 0 Å². The number of nitrogens with one attached hydrogen (secondary N) is 1. The van der Waals surface area contributed by atoms with Crippen LogP contribution in [0.4, 0.5) is 0 Å². The van der Waals surface area contributed by atoms with E-state index in [1.54, 1.807) is 6.92 Å². The molecule has 0 aromatic rings. The van der Waals surface area contributed by atoms with E-state index in [1.165, 1.54) is 25.3 Å². The summed E-state index contributed by atoms with van der Waals surface area (Å²) in [6.07, 6.45) is 11.4. The molecule has 0 aromatic carbocycles. The summed E-state index contributed by atoms with van der Waals surface area (Å²) in [7, 11) is 0. The summed E-state index contributed by atoms with van der Waals surface area (Å²) in [6.45, 7) is 4.00. The fraction of sp³-hybridized carbons (Fsp3) is 0.615. The van der Waals surface area contributed by atoms with Gasteiger partial charge in [-0.05, 0) is 38.6 Å². The fourth-order valence-corrected chi connectivity index (χ4v) is 1.76. The maximum Gasteiger partial charge on any atom is 0.330 e. The van der Waals surface area contributed by atoms with Crippen LogP contribution in [0.2, 0.25) is 0 Å². The first kappa shape index (κ1) is 13.0. The summed E-state index contributed by atoms with van der Waals surface area (Å²) >= 11 is 0. The third kappa shape index (κ3) is 5.71. The van der Waals surface area contributed by atoms with Gasteiger partial charge in [-0.1, -0.05) is 18.2 Å². The fourth-order valence-electron chi connectivity index (χ4n) is 1.76. The Morgan fingerprint density at radius 1 is 1.56 bits per heavy atom. The van der Waals surface area contributed by atoms with Crippen LogP contribution in [0.25, 0.3) is 0 Å². The third-order valence-corrected chi connectivity index (χ3v) is 2.61. The molecule has 0 saturated carbocycles. The Morgan fingerprint density at radius 3 is 3.12 bits per heavy atom. The van der Waals surface area contributed by atoms with Gasteiger partial charge in [0.2, 0.25) is 0 Å². The zero-order chi connectivity index (χ0) is 11.6. The van der Waals surface area contributed by atoms with Crippen molar-refractivity contribution >= 4 is 5.97 Å². The van der Waals surface area contributed by atoms with Crippen molar-refractivity contribution in [3.63, 3.8) is 0 Å². The quantitative estimate of drug-likeness (QED) is 0.324. The number of carbonyl (C=O) groups excluding carboxylic acids is 1. The van der Waals surface area contributed by atoms with Gasteiger partial charge in [0.05, 0.1) is 6.61 Å². The van der Waals surface area contributed by atoms with Crippen LogP contribution in [0.3, 0.4) is 0 Å². The Hall–Kier alpha value is -1.09. The van der Waals surface area contributed by atoms with Crippen molar-refractivity contribution in [1.29, 1.82) is 0 Å². The minimum absolute atomic E-state index is 0.259. The molecule has 0 bridgehead atoms.